The zero-order valence-corrected chi connectivity index (χ0v) is 12.4. The van der Waals surface area contributed by atoms with Gasteiger partial charge in [0, 0.05) is 13.0 Å². The van der Waals surface area contributed by atoms with Gasteiger partial charge in [-0.25, -0.2) is 4.68 Å². The Morgan fingerprint density at radius 1 is 1.55 bits per heavy atom. The Labute approximate surface area is 127 Å². The number of carbonyl (C=O) groups excluding carboxylic acids is 2. The largest absolute Gasteiger partial charge is 0.379 e. The summed E-state index contributed by atoms with van der Waals surface area (Å²) in [6.45, 7) is 2.87. The van der Waals surface area contributed by atoms with Crippen molar-refractivity contribution in [1.29, 1.82) is 0 Å². The zero-order chi connectivity index (χ0) is 15.9. The Bertz CT molecular complexity index is 519. The first-order valence-electron chi connectivity index (χ1n) is 7.06. The number of nitrogens with zero attached hydrogens (tertiary/aromatic N) is 4. The van der Waals surface area contributed by atoms with E-state index < -0.39 is 5.91 Å². The zero-order valence-electron chi connectivity index (χ0n) is 12.4. The van der Waals surface area contributed by atoms with Crippen LogP contribution in [-0.2, 0) is 25.6 Å². The van der Waals surface area contributed by atoms with Crippen molar-refractivity contribution in [1.82, 2.24) is 25.5 Å². The highest BCUT2D eigenvalue weighted by molar-refractivity contribution is 5.76. The predicted molar refractivity (Wildman–Crippen MR) is 73.5 cm³/mol. The third kappa shape index (κ3) is 4.74. The summed E-state index contributed by atoms with van der Waals surface area (Å²) in [5.41, 5.74) is 5.07. The molecule has 3 N–H and O–H groups in total. The predicted octanol–water partition coefficient (Wildman–Crippen LogP) is -1.85. The number of hydrogen-bond donors (Lipinski definition) is 2. The summed E-state index contributed by atoms with van der Waals surface area (Å²) in [4.78, 5) is 22.8. The lowest BCUT2D eigenvalue weighted by atomic mass is 10.1. The van der Waals surface area contributed by atoms with Gasteiger partial charge in [0.15, 0.2) is 0 Å². The first kappa shape index (κ1) is 16.3. The van der Waals surface area contributed by atoms with Crippen LogP contribution in [0, 0.1) is 6.92 Å². The monoisotopic (exact) mass is 312 g/mol. The highest BCUT2D eigenvalue weighted by atomic mass is 16.5. The molecule has 1 saturated heterocycles. The Morgan fingerprint density at radius 3 is 3.05 bits per heavy atom. The Kier molecular flexibility index (Phi) is 5.78. The van der Waals surface area contributed by atoms with E-state index in [1.165, 1.54) is 0 Å². The fraction of sp³-hybridized carbons (Fsp3) is 0.750. The minimum absolute atomic E-state index is 0.155. The summed E-state index contributed by atoms with van der Waals surface area (Å²) >= 11 is 0. The highest BCUT2D eigenvalue weighted by Gasteiger charge is 2.28. The second kappa shape index (κ2) is 7.80. The molecule has 1 aliphatic heterocycles. The number of ether oxygens (including phenoxy) is 2. The molecule has 0 radical (unpaired) electrons. The lowest BCUT2D eigenvalue weighted by molar-refractivity contribution is -0.131. The smallest absolute Gasteiger partial charge is 0.243 e. The fourth-order valence-electron chi connectivity index (χ4n) is 2.18. The lowest BCUT2D eigenvalue weighted by Crippen LogP contribution is -2.51. The molecule has 1 fully saturated rings. The van der Waals surface area contributed by atoms with E-state index >= 15 is 0 Å². The van der Waals surface area contributed by atoms with Gasteiger partial charge >= 0.3 is 0 Å². The summed E-state index contributed by atoms with van der Waals surface area (Å²) in [6.07, 6.45) is 0.565. The second-order valence-corrected chi connectivity index (χ2v) is 5.05. The van der Waals surface area contributed by atoms with Crippen LogP contribution in [0.3, 0.4) is 0 Å². The Morgan fingerprint density at radius 2 is 2.36 bits per heavy atom. The molecule has 2 heterocycles. The van der Waals surface area contributed by atoms with Crippen LogP contribution in [0.5, 0.6) is 0 Å². The number of tetrazole rings is 1. The van der Waals surface area contributed by atoms with Crippen molar-refractivity contribution in [2.24, 2.45) is 5.73 Å². The number of nitrogens with one attached hydrogen (secondary N) is 1. The van der Waals surface area contributed by atoms with E-state index in [9.17, 15) is 9.59 Å². The van der Waals surface area contributed by atoms with Gasteiger partial charge in [-0.3, -0.25) is 9.59 Å². The van der Waals surface area contributed by atoms with Crippen LogP contribution in [0.2, 0.25) is 0 Å². The molecule has 0 aliphatic carbocycles. The van der Waals surface area contributed by atoms with Crippen molar-refractivity contribution in [3.63, 3.8) is 0 Å². The fourth-order valence-corrected chi connectivity index (χ4v) is 2.18. The number of aromatic nitrogens is 4. The summed E-state index contributed by atoms with van der Waals surface area (Å²) in [5, 5.41) is 13.9. The number of amides is 2. The normalized spacial score (nSPS) is 21.5. The molecule has 0 spiro atoms. The van der Waals surface area contributed by atoms with Crippen molar-refractivity contribution in [3.05, 3.63) is 5.82 Å². The molecule has 22 heavy (non-hydrogen) atoms. The van der Waals surface area contributed by atoms with E-state index in [2.05, 4.69) is 20.8 Å². The summed E-state index contributed by atoms with van der Waals surface area (Å²) < 4.78 is 12.3. The number of hydrogen-bond acceptors (Lipinski definition) is 7. The van der Waals surface area contributed by atoms with Crippen LogP contribution in [0.25, 0.3) is 0 Å². The van der Waals surface area contributed by atoms with Crippen LogP contribution in [-0.4, -0.2) is 64.0 Å². The van der Waals surface area contributed by atoms with Crippen molar-refractivity contribution in [3.8, 4) is 0 Å². The topological polar surface area (TPSA) is 134 Å². The SMILES string of the molecule is Cc1nnnn1CCC(=O)N[C@@H]1COCC[C@@H]1OCC(N)=O. The van der Waals surface area contributed by atoms with Gasteiger partial charge in [0.2, 0.25) is 11.8 Å². The average molecular weight is 312 g/mol. The van der Waals surface area contributed by atoms with Gasteiger partial charge in [-0.2, -0.15) is 0 Å². The van der Waals surface area contributed by atoms with E-state index in [-0.39, 0.29) is 31.1 Å². The molecule has 1 aromatic heterocycles. The van der Waals surface area contributed by atoms with E-state index in [0.717, 1.165) is 0 Å². The number of primary amides is 1. The molecule has 2 amide bonds. The molecule has 1 aliphatic rings. The van der Waals surface area contributed by atoms with Gasteiger partial charge in [0.25, 0.3) is 0 Å². The van der Waals surface area contributed by atoms with Gasteiger partial charge in [-0.1, -0.05) is 0 Å². The van der Waals surface area contributed by atoms with Gasteiger partial charge in [0.05, 0.1) is 25.3 Å². The number of rotatable bonds is 7. The molecule has 0 aromatic carbocycles. The minimum atomic E-state index is -0.536. The molecule has 122 valence electrons. The van der Waals surface area contributed by atoms with Crippen LogP contribution >= 0.6 is 0 Å². The average Bonchev–Trinajstić information content (AvgIpc) is 2.89. The van der Waals surface area contributed by atoms with Crippen molar-refractivity contribution < 1.29 is 19.1 Å². The Hall–Kier alpha value is -2.07. The van der Waals surface area contributed by atoms with E-state index in [4.69, 9.17) is 15.2 Å². The van der Waals surface area contributed by atoms with Crippen LogP contribution < -0.4 is 11.1 Å². The van der Waals surface area contributed by atoms with Crippen LogP contribution in [0.4, 0.5) is 0 Å². The molecule has 1 aromatic rings. The molecule has 2 rings (SSSR count). The van der Waals surface area contributed by atoms with E-state index in [0.29, 0.717) is 32.0 Å². The minimum Gasteiger partial charge on any atom is -0.379 e. The van der Waals surface area contributed by atoms with Crippen molar-refractivity contribution >= 4 is 11.8 Å². The van der Waals surface area contributed by atoms with E-state index in [1.807, 2.05) is 0 Å². The number of nitrogens with two attached hydrogens (primary N) is 1. The first-order chi connectivity index (χ1) is 10.6. The van der Waals surface area contributed by atoms with Gasteiger partial charge in [-0.15, -0.1) is 5.10 Å². The molecule has 0 unspecified atom stereocenters. The summed E-state index contributed by atoms with van der Waals surface area (Å²) in [5.74, 6) is -0.0414. The summed E-state index contributed by atoms with van der Waals surface area (Å²) in [6, 6.07) is -0.296. The molecule has 0 saturated carbocycles. The lowest BCUT2D eigenvalue weighted by Gasteiger charge is -2.31. The first-order valence-corrected chi connectivity index (χ1v) is 7.06. The maximum atomic E-state index is 12.0. The van der Waals surface area contributed by atoms with Crippen LogP contribution in [0.15, 0.2) is 0 Å². The highest BCUT2D eigenvalue weighted by Crippen LogP contribution is 2.12. The van der Waals surface area contributed by atoms with Crippen LogP contribution in [0.1, 0.15) is 18.7 Å². The molecular formula is C12H20N6O4. The maximum absolute atomic E-state index is 12.0. The molecule has 0 bridgehead atoms. The molecular weight excluding hydrogens is 292 g/mol. The third-order valence-electron chi connectivity index (χ3n) is 3.34. The molecule has 10 nitrogen and oxygen atoms in total. The maximum Gasteiger partial charge on any atom is 0.243 e. The molecule has 10 heteroatoms. The quantitative estimate of drug-likeness (QED) is 0.603. The van der Waals surface area contributed by atoms with E-state index in [1.54, 1.807) is 11.6 Å². The van der Waals surface area contributed by atoms with Crippen molar-refractivity contribution in [2.45, 2.75) is 38.5 Å². The molecule has 2 atom stereocenters. The van der Waals surface area contributed by atoms with Gasteiger partial charge in [0.1, 0.15) is 12.4 Å². The van der Waals surface area contributed by atoms with Gasteiger partial charge < -0.3 is 20.5 Å². The standard InChI is InChI=1S/C12H20N6O4/c1-8-15-16-17-18(8)4-2-12(20)14-9-6-21-5-3-10(9)22-7-11(13)19/h9-10H,2-7H2,1H3,(H2,13,19)(H,14,20)/t9-,10+/m1/s1. The number of aryl methyl sites for hydroxylation is 2. The number of carbonyl (C=O) groups is 2. The second-order valence-electron chi connectivity index (χ2n) is 5.05. The Balaban J connectivity index is 1.80. The summed E-state index contributed by atoms with van der Waals surface area (Å²) in [7, 11) is 0. The van der Waals surface area contributed by atoms with Gasteiger partial charge in [-0.05, 0) is 23.8 Å². The third-order valence-corrected chi connectivity index (χ3v) is 3.34. The van der Waals surface area contributed by atoms with Crippen molar-refractivity contribution in [2.75, 3.05) is 19.8 Å².